The Bertz CT molecular complexity index is 1090. The summed E-state index contributed by atoms with van der Waals surface area (Å²) in [4.78, 5) is 34.4. The van der Waals surface area contributed by atoms with Crippen molar-refractivity contribution in [1.29, 1.82) is 0 Å². The molecule has 1 aromatic carbocycles. The second-order valence-corrected chi connectivity index (χ2v) is 9.26. The highest BCUT2D eigenvalue weighted by atomic mass is 32.1. The Morgan fingerprint density at radius 2 is 2.16 bits per heavy atom. The maximum atomic E-state index is 12.6. The number of nitrogens with zero attached hydrogens (tertiary/aromatic N) is 3. The van der Waals surface area contributed by atoms with Gasteiger partial charge in [-0.2, -0.15) is 0 Å². The summed E-state index contributed by atoms with van der Waals surface area (Å²) in [5.74, 6) is 6.75. The molecule has 0 bridgehead atoms. The van der Waals surface area contributed by atoms with Crippen LogP contribution in [-0.2, 0) is 6.54 Å². The Labute approximate surface area is 184 Å². The maximum Gasteiger partial charge on any atom is 0.332 e. The van der Waals surface area contributed by atoms with E-state index < -0.39 is 0 Å². The summed E-state index contributed by atoms with van der Waals surface area (Å²) in [6.07, 6.45) is 5.74. The number of likely N-dealkylation sites (tertiary alicyclic amines) is 1. The molecule has 0 unspecified atom stereocenters. The highest BCUT2D eigenvalue weighted by Gasteiger charge is 2.30. The zero-order valence-electron chi connectivity index (χ0n) is 17.2. The molecule has 4 N–H and O–H groups in total. The number of carbonyl (C=O) groups is 2. The summed E-state index contributed by atoms with van der Waals surface area (Å²) >= 11 is 1.32. The van der Waals surface area contributed by atoms with Crippen LogP contribution in [0.1, 0.15) is 52.7 Å². The molecule has 2 aliphatic rings. The zero-order valence-corrected chi connectivity index (χ0v) is 18.0. The number of amides is 3. The van der Waals surface area contributed by atoms with Gasteiger partial charge >= 0.3 is 6.03 Å². The molecule has 8 nitrogen and oxygen atoms in total. The summed E-state index contributed by atoms with van der Waals surface area (Å²) in [7, 11) is 0. The third-order valence-corrected chi connectivity index (χ3v) is 6.87. The second-order valence-electron chi connectivity index (χ2n) is 8.37. The van der Waals surface area contributed by atoms with E-state index in [0.29, 0.717) is 30.6 Å². The predicted molar refractivity (Wildman–Crippen MR) is 120 cm³/mol. The largest absolute Gasteiger partial charge is 0.357 e. The number of fused-ring (bicyclic) bond motifs is 1. The standard InChI is InChI=1S/C22H26N6O2S/c23-28(18-2-1-8-27(13-18)21(29)20-24-7-9-31-20)22(30)25-12-17-11-16-10-15(14-3-4-14)5-6-19(16)26-17/h5-7,9-11,14,18,26H,1-4,8,12-13,23H2,(H,25,30)/t18-/m1/s1. The molecule has 31 heavy (non-hydrogen) atoms. The van der Waals surface area contributed by atoms with Gasteiger partial charge in [0.1, 0.15) is 0 Å². The summed E-state index contributed by atoms with van der Waals surface area (Å²) in [5.41, 5.74) is 3.40. The highest BCUT2D eigenvalue weighted by molar-refractivity contribution is 7.11. The molecule has 0 spiro atoms. The molecule has 1 aliphatic heterocycles. The molecule has 1 aliphatic carbocycles. The fourth-order valence-electron chi connectivity index (χ4n) is 4.24. The zero-order chi connectivity index (χ0) is 21.4. The van der Waals surface area contributed by atoms with Crippen LogP contribution in [0.15, 0.2) is 35.8 Å². The van der Waals surface area contributed by atoms with E-state index in [1.807, 2.05) is 0 Å². The van der Waals surface area contributed by atoms with Crippen molar-refractivity contribution in [2.75, 3.05) is 13.1 Å². The molecule has 2 fully saturated rings. The number of rotatable bonds is 5. The van der Waals surface area contributed by atoms with Crippen molar-refractivity contribution < 1.29 is 9.59 Å². The van der Waals surface area contributed by atoms with Crippen LogP contribution < -0.4 is 11.2 Å². The van der Waals surface area contributed by atoms with Gasteiger partial charge < -0.3 is 15.2 Å². The fourth-order valence-corrected chi connectivity index (χ4v) is 4.84. The van der Waals surface area contributed by atoms with Gasteiger partial charge in [0.25, 0.3) is 5.91 Å². The summed E-state index contributed by atoms with van der Waals surface area (Å²) in [5, 5.41) is 7.55. The number of urea groups is 1. The molecular weight excluding hydrogens is 412 g/mol. The van der Waals surface area contributed by atoms with Crippen LogP contribution in [0.4, 0.5) is 4.79 Å². The third kappa shape index (κ3) is 4.28. The molecule has 1 saturated heterocycles. The van der Waals surface area contributed by atoms with Crippen LogP contribution in [0.2, 0.25) is 0 Å². The average Bonchev–Trinajstić information content (AvgIpc) is 3.34. The van der Waals surface area contributed by atoms with Crippen LogP contribution >= 0.6 is 11.3 Å². The normalized spacial score (nSPS) is 18.9. The van der Waals surface area contributed by atoms with E-state index >= 15 is 0 Å². The lowest BCUT2D eigenvalue weighted by Gasteiger charge is -2.36. The van der Waals surface area contributed by atoms with Crippen molar-refractivity contribution in [1.82, 2.24) is 25.2 Å². The smallest absolute Gasteiger partial charge is 0.332 e. The molecule has 3 aromatic rings. The predicted octanol–water partition coefficient (Wildman–Crippen LogP) is 3.19. The number of nitrogens with one attached hydrogen (secondary N) is 2. The van der Waals surface area contributed by atoms with E-state index in [-0.39, 0.29) is 18.0 Å². The van der Waals surface area contributed by atoms with Gasteiger partial charge in [-0.15, -0.1) is 11.3 Å². The molecule has 3 amide bonds. The number of hydrogen-bond acceptors (Lipinski definition) is 5. The molecule has 3 heterocycles. The molecular formula is C22H26N6O2S. The van der Waals surface area contributed by atoms with Gasteiger partial charge in [0.2, 0.25) is 0 Å². The van der Waals surface area contributed by atoms with Gasteiger partial charge in [-0.25, -0.2) is 15.6 Å². The van der Waals surface area contributed by atoms with E-state index in [1.54, 1.807) is 16.5 Å². The van der Waals surface area contributed by atoms with Crippen LogP contribution in [0.5, 0.6) is 0 Å². The van der Waals surface area contributed by atoms with Crippen molar-refractivity contribution in [3.8, 4) is 0 Å². The minimum atomic E-state index is -0.342. The number of thiazole rings is 1. The number of aromatic nitrogens is 2. The molecule has 5 rings (SSSR count). The Morgan fingerprint density at radius 3 is 2.94 bits per heavy atom. The lowest BCUT2D eigenvalue weighted by molar-refractivity contribution is 0.0613. The van der Waals surface area contributed by atoms with E-state index in [2.05, 4.69) is 39.6 Å². The SMILES string of the molecule is NN(C(=O)NCc1cc2cc(C3CC3)ccc2[nH]1)[C@@H]1CCCN(C(=O)c2nccs2)C1. The molecule has 1 atom stereocenters. The molecule has 1 saturated carbocycles. The van der Waals surface area contributed by atoms with Crippen molar-refractivity contribution in [2.24, 2.45) is 5.84 Å². The summed E-state index contributed by atoms with van der Waals surface area (Å²) in [6.45, 7) is 1.44. The second kappa shape index (κ2) is 8.32. The fraction of sp³-hybridized carbons (Fsp3) is 0.409. The topological polar surface area (TPSA) is 107 Å². The number of nitrogens with two attached hydrogens (primary N) is 1. The van der Waals surface area contributed by atoms with Gasteiger partial charge in [0, 0.05) is 35.9 Å². The number of aromatic amines is 1. The van der Waals surface area contributed by atoms with Crippen molar-refractivity contribution in [2.45, 2.75) is 44.2 Å². The Morgan fingerprint density at radius 1 is 1.29 bits per heavy atom. The number of benzene rings is 1. The highest BCUT2D eigenvalue weighted by Crippen LogP contribution is 2.40. The van der Waals surface area contributed by atoms with E-state index in [9.17, 15) is 9.59 Å². The molecule has 0 radical (unpaired) electrons. The van der Waals surface area contributed by atoms with Crippen LogP contribution in [0.3, 0.4) is 0 Å². The van der Waals surface area contributed by atoms with Gasteiger partial charge in [-0.05, 0) is 60.7 Å². The van der Waals surface area contributed by atoms with Crippen molar-refractivity contribution >= 4 is 34.2 Å². The quantitative estimate of drug-likeness (QED) is 0.323. The van der Waals surface area contributed by atoms with Gasteiger partial charge in [0.05, 0.1) is 12.6 Å². The Kier molecular flexibility index (Phi) is 5.37. The number of hydrogen-bond donors (Lipinski definition) is 3. The van der Waals surface area contributed by atoms with E-state index in [4.69, 9.17) is 5.84 Å². The average molecular weight is 439 g/mol. The number of carbonyl (C=O) groups excluding carboxylic acids is 2. The lowest BCUT2D eigenvalue weighted by atomic mass is 10.1. The van der Waals surface area contributed by atoms with Gasteiger partial charge in [0.15, 0.2) is 5.01 Å². The van der Waals surface area contributed by atoms with Crippen molar-refractivity contribution in [3.63, 3.8) is 0 Å². The van der Waals surface area contributed by atoms with E-state index in [1.165, 1.54) is 40.1 Å². The summed E-state index contributed by atoms with van der Waals surface area (Å²) in [6, 6.07) is 8.05. The number of H-pyrrole nitrogens is 1. The van der Waals surface area contributed by atoms with Gasteiger partial charge in [-0.1, -0.05) is 6.07 Å². The lowest BCUT2D eigenvalue weighted by Crippen LogP contribution is -2.56. The first-order valence-corrected chi connectivity index (χ1v) is 11.6. The number of piperidine rings is 1. The minimum absolute atomic E-state index is 0.0999. The Hall–Kier alpha value is -2.91. The van der Waals surface area contributed by atoms with E-state index in [0.717, 1.165) is 24.1 Å². The number of hydrazine groups is 1. The maximum absolute atomic E-state index is 12.6. The minimum Gasteiger partial charge on any atom is -0.357 e. The molecule has 162 valence electrons. The van der Waals surface area contributed by atoms with Crippen LogP contribution in [0.25, 0.3) is 10.9 Å². The first kappa shape index (κ1) is 20.0. The summed E-state index contributed by atoms with van der Waals surface area (Å²) < 4.78 is 0. The first-order valence-electron chi connectivity index (χ1n) is 10.7. The third-order valence-electron chi connectivity index (χ3n) is 6.11. The van der Waals surface area contributed by atoms with Crippen molar-refractivity contribution in [3.05, 3.63) is 52.1 Å². The van der Waals surface area contributed by atoms with Crippen LogP contribution in [-0.4, -0.2) is 50.9 Å². The molecule has 2 aromatic heterocycles. The van der Waals surface area contributed by atoms with Crippen LogP contribution in [0, 0.1) is 0 Å². The Balaban J connectivity index is 1.18. The first-order chi connectivity index (χ1) is 15.1. The monoisotopic (exact) mass is 438 g/mol. The van der Waals surface area contributed by atoms with Gasteiger partial charge in [-0.3, -0.25) is 9.80 Å². The molecule has 9 heteroatoms.